The van der Waals surface area contributed by atoms with Crippen LogP contribution in [0.1, 0.15) is 6.92 Å². The Hall–Kier alpha value is -1.82. The van der Waals surface area contributed by atoms with Crippen molar-refractivity contribution in [3.63, 3.8) is 0 Å². The monoisotopic (exact) mass is 276 g/mol. The maximum atomic E-state index is 11.9. The number of carbonyl (C=O) groups excluding carboxylic acids is 1. The first kappa shape index (κ1) is 13.6. The van der Waals surface area contributed by atoms with E-state index in [4.69, 9.17) is 0 Å². The molecule has 0 bridgehead atoms. The van der Waals surface area contributed by atoms with Gasteiger partial charge in [-0.15, -0.1) is 0 Å². The number of nitrogens with zero attached hydrogens (tertiary/aromatic N) is 2. The van der Waals surface area contributed by atoms with Gasteiger partial charge in [0, 0.05) is 22.9 Å². The van der Waals surface area contributed by atoms with Crippen LogP contribution in [0.15, 0.2) is 30.6 Å². The normalized spacial score (nSPS) is 12.1. The fourth-order valence-corrected chi connectivity index (χ4v) is 2.33. The number of nitrogens with one attached hydrogen (secondary N) is 2. The minimum Gasteiger partial charge on any atom is -0.326 e. The number of amides is 1. The van der Waals surface area contributed by atoms with Gasteiger partial charge in [-0.2, -0.15) is 16.9 Å². The lowest BCUT2D eigenvalue weighted by atomic mass is 10.1. The molecule has 100 valence electrons. The molecule has 2 N–H and O–H groups in total. The smallest absolute Gasteiger partial charge is 0.228 e. The van der Waals surface area contributed by atoms with Gasteiger partial charge in [0.25, 0.3) is 0 Å². The third-order valence-corrected chi connectivity index (χ3v) is 3.52. The van der Waals surface area contributed by atoms with Gasteiger partial charge in [0.15, 0.2) is 5.82 Å². The van der Waals surface area contributed by atoms with Crippen LogP contribution in [-0.2, 0) is 4.79 Å². The van der Waals surface area contributed by atoms with E-state index in [1.807, 2.05) is 37.4 Å². The molecule has 0 aliphatic heterocycles. The molecular formula is C13H16N4OS. The lowest BCUT2D eigenvalue weighted by Crippen LogP contribution is -2.22. The lowest BCUT2D eigenvalue weighted by molar-refractivity contribution is -0.118. The molecule has 0 spiro atoms. The number of anilines is 1. The fraction of sp³-hybridized carbons (Fsp3) is 0.308. The van der Waals surface area contributed by atoms with E-state index >= 15 is 0 Å². The van der Waals surface area contributed by atoms with Crippen LogP contribution in [-0.4, -0.2) is 33.1 Å². The Bertz CT molecular complexity index is 541. The predicted octanol–water partition coefficient (Wildman–Crippen LogP) is 2.41. The average Bonchev–Trinajstić information content (AvgIpc) is 2.93. The first-order valence-corrected chi connectivity index (χ1v) is 7.35. The van der Waals surface area contributed by atoms with Crippen molar-refractivity contribution in [2.24, 2.45) is 5.92 Å². The maximum absolute atomic E-state index is 11.9. The lowest BCUT2D eigenvalue weighted by Gasteiger charge is -2.11. The number of benzene rings is 1. The largest absolute Gasteiger partial charge is 0.326 e. The van der Waals surface area contributed by atoms with E-state index < -0.39 is 0 Å². The number of aromatic amines is 1. The molecule has 6 heteroatoms. The van der Waals surface area contributed by atoms with Crippen molar-refractivity contribution in [1.29, 1.82) is 0 Å². The van der Waals surface area contributed by atoms with E-state index in [1.165, 1.54) is 6.33 Å². The minimum atomic E-state index is -0.0102. The van der Waals surface area contributed by atoms with E-state index in [1.54, 1.807) is 11.8 Å². The zero-order valence-corrected chi connectivity index (χ0v) is 11.7. The highest BCUT2D eigenvalue weighted by molar-refractivity contribution is 7.98. The van der Waals surface area contributed by atoms with E-state index in [0.29, 0.717) is 5.82 Å². The Labute approximate surface area is 116 Å². The van der Waals surface area contributed by atoms with Crippen molar-refractivity contribution >= 4 is 23.4 Å². The minimum absolute atomic E-state index is 0.0102. The van der Waals surface area contributed by atoms with E-state index in [-0.39, 0.29) is 11.8 Å². The molecule has 0 radical (unpaired) electrons. The average molecular weight is 276 g/mol. The van der Waals surface area contributed by atoms with Gasteiger partial charge in [0.2, 0.25) is 5.91 Å². The second-order valence-corrected chi connectivity index (χ2v) is 5.17. The van der Waals surface area contributed by atoms with Gasteiger partial charge in [-0.3, -0.25) is 9.89 Å². The number of thioether (sulfide) groups is 1. The maximum Gasteiger partial charge on any atom is 0.228 e. The SMILES string of the molecule is CSC[C@@H](C)C(=O)Nc1cccc(-c2ncn[nH]2)c1. The van der Waals surface area contributed by atoms with Gasteiger partial charge in [0.1, 0.15) is 6.33 Å². The number of rotatable bonds is 5. The molecule has 2 rings (SSSR count). The summed E-state index contributed by atoms with van der Waals surface area (Å²) in [6, 6.07) is 7.54. The molecule has 0 fully saturated rings. The Morgan fingerprint density at radius 2 is 2.37 bits per heavy atom. The summed E-state index contributed by atoms with van der Waals surface area (Å²) in [6.07, 6.45) is 3.45. The summed E-state index contributed by atoms with van der Waals surface area (Å²) in [4.78, 5) is 16.0. The number of aromatic nitrogens is 3. The zero-order valence-electron chi connectivity index (χ0n) is 10.9. The molecule has 0 aliphatic carbocycles. The summed E-state index contributed by atoms with van der Waals surface area (Å²) in [7, 11) is 0. The van der Waals surface area contributed by atoms with Crippen molar-refractivity contribution in [2.75, 3.05) is 17.3 Å². The first-order valence-electron chi connectivity index (χ1n) is 5.96. The summed E-state index contributed by atoms with van der Waals surface area (Å²) in [5, 5.41) is 9.53. The Kier molecular flexibility index (Phi) is 4.57. The van der Waals surface area contributed by atoms with Crippen LogP contribution < -0.4 is 5.32 Å². The number of H-pyrrole nitrogens is 1. The van der Waals surface area contributed by atoms with Gasteiger partial charge in [0.05, 0.1) is 0 Å². The van der Waals surface area contributed by atoms with E-state index in [9.17, 15) is 4.79 Å². The van der Waals surface area contributed by atoms with Gasteiger partial charge in [-0.25, -0.2) is 4.98 Å². The summed E-state index contributed by atoms with van der Waals surface area (Å²) in [5.41, 5.74) is 1.67. The Morgan fingerprint density at radius 1 is 1.53 bits per heavy atom. The molecule has 2 aromatic rings. The topological polar surface area (TPSA) is 70.7 Å². The molecule has 1 aromatic carbocycles. The van der Waals surface area contributed by atoms with Crippen LogP contribution in [0.5, 0.6) is 0 Å². The van der Waals surface area contributed by atoms with Crippen LogP contribution in [0, 0.1) is 5.92 Å². The van der Waals surface area contributed by atoms with Crippen molar-refractivity contribution in [1.82, 2.24) is 15.2 Å². The molecule has 1 aromatic heterocycles. The number of hydrogen-bond donors (Lipinski definition) is 2. The van der Waals surface area contributed by atoms with Gasteiger partial charge in [-0.05, 0) is 18.4 Å². The van der Waals surface area contributed by atoms with Crippen molar-refractivity contribution in [2.45, 2.75) is 6.92 Å². The van der Waals surface area contributed by atoms with Gasteiger partial charge < -0.3 is 5.32 Å². The van der Waals surface area contributed by atoms with Crippen LogP contribution in [0.4, 0.5) is 5.69 Å². The molecule has 1 heterocycles. The molecule has 0 saturated carbocycles. The second kappa shape index (κ2) is 6.38. The first-order chi connectivity index (χ1) is 9.20. The number of carbonyl (C=O) groups is 1. The molecule has 0 unspecified atom stereocenters. The molecule has 19 heavy (non-hydrogen) atoms. The van der Waals surface area contributed by atoms with Crippen LogP contribution in [0.3, 0.4) is 0 Å². The highest BCUT2D eigenvalue weighted by Gasteiger charge is 2.12. The molecule has 5 nitrogen and oxygen atoms in total. The fourth-order valence-electron chi connectivity index (χ4n) is 1.68. The highest BCUT2D eigenvalue weighted by Crippen LogP contribution is 2.19. The second-order valence-electron chi connectivity index (χ2n) is 4.26. The van der Waals surface area contributed by atoms with Gasteiger partial charge in [-0.1, -0.05) is 19.1 Å². The molecule has 1 amide bonds. The molecule has 0 saturated heterocycles. The summed E-state index contributed by atoms with van der Waals surface area (Å²) in [6.45, 7) is 1.92. The zero-order chi connectivity index (χ0) is 13.7. The van der Waals surface area contributed by atoms with E-state index in [0.717, 1.165) is 17.0 Å². The predicted molar refractivity (Wildman–Crippen MR) is 78.0 cm³/mol. The molecule has 0 aliphatic rings. The summed E-state index contributed by atoms with van der Waals surface area (Å²) >= 11 is 1.67. The highest BCUT2D eigenvalue weighted by atomic mass is 32.2. The summed E-state index contributed by atoms with van der Waals surface area (Å²) in [5.74, 6) is 1.52. The third kappa shape index (κ3) is 3.57. The van der Waals surface area contributed by atoms with Crippen LogP contribution in [0.25, 0.3) is 11.4 Å². The van der Waals surface area contributed by atoms with Crippen molar-refractivity contribution in [3.05, 3.63) is 30.6 Å². The Morgan fingerprint density at radius 3 is 3.05 bits per heavy atom. The Balaban J connectivity index is 2.09. The van der Waals surface area contributed by atoms with Gasteiger partial charge >= 0.3 is 0 Å². The number of hydrogen-bond acceptors (Lipinski definition) is 4. The quantitative estimate of drug-likeness (QED) is 0.879. The molecule has 1 atom stereocenters. The van der Waals surface area contributed by atoms with Crippen LogP contribution in [0.2, 0.25) is 0 Å². The van der Waals surface area contributed by atoms with Crippen molar-refractivity contribution < 1.29 is 4.79 Å². The van der Waals surface area contributed by atoms with Crippen molar-refractivity contribution in [3.8, 4) is 11.4 Å². The molecular weight excluding hydrogens is 260 g/mol. The van der Waals surface area contributed by atoms with E-state index in [2.05, 4.69) is 20.5 Å². The summed E-state index contributed by atoms with van der Waals surface area (Å²) < 4.78 is 0. The standard InChI is InChI=1S/C13H16N4OS/c1-9(7-19-2)13(18)16-11-5-3-4-10(6-11)12-14-8-15-17-12/h3-6,8-9H,7H2,1-2H3,(H,16,18)(H,14,15,17)/t9-/m1/s1. The third-order valence-electron chi connectivity index (χ3n) is 2.68. The van der Waals surface area contributed by atoms with Crippen LogP contribution >= 0.6 is 11.8 Å².